The smallest absolute Gasteiger partial charge is 0.236 e. The molecule has 0 radical (unpaired) electrons. The van der Waals surface area contributed by atoms with Crippen LogP contribution in [0, 0.1) is 0 Å². The van der Waals surface area contributed by atoms with Gasteiger partial charge in [-0.1, -0.05) is 18.2 Å². The molecule has 4 nitrogen and oxygen atoms in total. The van der Waals surface area contributed by atoms with E-state index in [0.717, 1.165) is 11.3 Å². The van der Waals surface area contributed by atoms with E-state index >= 15 is 0 Å². The van der Waals surface area contributed by atoms with Crippen LogP contribution >= 0.6 is 0 Å². The number of likely N-dealkylation sites (N-methyl/N-ethyl adjacent to an activating group) is 1. The molecule has 3 N–H and O–H groups in total. The van der Waals surface area contributed by atoms with E-state index in [1.54, 1.807) is 6.92 Å². The van der Waals surface area contributed by atoms with Gasteiger partial charge >= 0.3 is 0 Å². The molecule has 0 spiro atoms. The molecule has 1 aromatic rings. The molecule has 0 aliphatic rings. The van der Waals surface area contributed by atoms with Crippen molar-refractivity contribution in [3.05, 3.63) is 29.8 Å². The Balaban J connectivity index is 3.03. The van der Waals surface area contributed by atoms with Crippen molar-refractivity contribution in [1.82, 2.24) is 0 Å². The summed E-state index contributed by atoms with van der Waals surface area (Å²) in [5.41, 5.74) is 6.86. The highest BCUT2D eigenvalue weighted by atomic mass is 16.3. The van der Waals surface area contributed by atoms with Crippen LogP contribution in [0.25, 0.3) is 0 Å². The maximum absolute atomic E-state index is 10.9. The van der Waals surface area contributed by atoms with Gasteiger partial charge in [0.05, 0.1) is 12.6 Å². The number of nitrogens with zero attached hydrogens (tertiary/aromatic N) is 1. The second-order valence-electron chi connectivity index (χ2n) is 3.72. The van der Waals surface area contributed by atoms with Crippen LogP contribution in [-0.4, -0.2) is 24.1 Å². The summed E-state index contributed by atoms with van der Waals surface area (Å²) in [6, 6.07) is 7.48. The van der Waals surface area contributed by atoms with E-state index in [1.807, 2.05) is 36.1 Å². The van der Waals surface area contributed by atoms with Gasteiger partial charge in [0.1, 0.15) is 0 Å². The predicted octanol–water partition coefficient (Wildman–Crippen LogP) is 1.05. The van der Waals surface area contributed by atoms with Crippen molar-refractivity contribution in [2.24, 2.45) is 5.73 Å². The van der Waals surface area contributed by atoms with E-state index in [2.05, 4.69) is 0 Å². The van der Waals surface area contributed by atoms with Gasteiger partial charge in [0.2, 0.25) is 5.91 Å². The summed E-state index contributed by atoms with van der Waals surface area (Å²) >= 11 is 0. The standard InChI is InChI=1S/C12H18N2O2/c1-3-14(8-12(13)16)11-7-5-4-6-10(11)9(2)15/h4-7,9,15H,3,8H2,1-2H3,(H2,13,16)/t9-/m1/s1. The van der Waals surface area contributed by atoms with Crippen LogP contribution in [-0.2, 0) is 4.79 Å². The third-order valence-electron chi connectivity index (χ3n) is 2.46. The zero-order valence-corrected chi connectivity index (χ0v) is 9.68. The molecular weight excluding hydrogens is 204 g/mol. The average molecular weight is 222 g/mol. The number of amides is 1. The zero-order chi connectivity index (χ0) is 12.1. The molecule has 4 heteroatoms. The molecule has 0 bridgehead atoms. The van der Waals surface area contributed by atoms with Gasteiger partial charge in [-0.3, -0.25) is 4.79 Å². The lowest BCUT2D eigenvalue weighted by Gasteiger charge is -2.25. The molecule has 0 saturated heterocycles. The molecule has 1 rings (SSSR count). The van der Waals surface area contributed by atoms with Crippen molar-refractivity contribution in [2.45, 2.75) is 20.0 Å². The number of hydrogen-bond donors (Lipinski definition) is 2. The summed E-state index contributed by atoms with van der Waals surface area (Å²) in [5, 5.41) is 9.64. The molecule has 16 heavy (non-hydrogen) atoms. The fourth-order valence-electron chi connectivity index (χ4n) is 1.68. The highest BCUT2D eigenvalue weighted by molar-refractivity contribution is 5.80. The minimum Gasteiger partial charge on any atom is -0.389 e. The zero-order valence-electron chi connectivity index (χ0n) is 9.68. The quantitative estimate of drug-likeness (QED) is 0.782. The Hall–Kier alpha value is -1.55. The van der Waals surface area contributed by atoms with E-state index in [4.69, 9.17) is 5.73 Å². The van der Waals surface area contributed by atoms with Crippen LogP contribution in [0.1, 0.15) is 25.5 Å². The number of aliphatic hydroxyl groups excluding tert-OH is 1. The van der Waals surface area contributed by atoms with Crippen molar-refractivity contribution < 1.29 is 9.90 Å². The van der Waals surface area contributed by atoms with Crippen molar-refractivity contribution >= 4 is 11.6 Å². The molecule has 0 aliphatic carbocycles. The van der Waals surface area contributed by atoms with E-state index in [9.17, 15) is 9.90 Å². The largest absolute Gasteiger partial charge is 0.389 e. The van der Waals surface area contributed by atoms with E-state index in [1.165, 1.54) is 0 Å². The topological polar surface area (TPSA) is 66.6 Å². The van der Waals surface area contributed by atoms with Gasteiger partial charge in [-0.05, 0) is 19.9 Å². The summed E-state index contributed by atoms with van der Waals surface area (Å²) in [4.78, 5) is 12.8. The van der Waals surface area contributed by atoms with Crippen LogP contribution in [0.5, 0.6) is 0 Å². The van der Waals surface area contributed by atoms with Crippen LogP contribution in [0.15, 0.2) is 24.3 Å². The second kappa shape index (κ2) is 5.51. The molecule has 0 aliphatic heterocycles. The lowest BCUT2D eigenvalue weighted by molar-refractivity contribution is -0.116. The number of nitrogens with two attached hydrogens (primary N) is 1. The average Bonchev–Trinajstić information content (AvgIpc) is 2.25. The third-order valence-corrected chi connectivity index (χ3v) is 2.46. The number of benzene rings is 1. The SMILES string of the molecule is CCN(CC(N)=O)c1ccccc1[C@@H](C)O. The highest BCUT2D eigenvalue weighted by Gasteiger charge is 2.13. The summed E-state index contributed by atoms with van der Waals surface area (Å²) in [6.07, 6.45) is -0.557. The Bertz CT molecular complexity index is 364. The molecule has 0 saturated carbocycles. The van der Waals surface area contributed by atoms with Gasteiger partial charge in [-0.25, -0.2) is 0 Å². The lowest BCUT2D eigenvalue weighted by Crippen LogP contribution is -2.34. The summed E-state index contributed by atoms with van der Waals surface area (Å²) in [7, 11) is 0. The number of carbonyl (C=O) groups is 1. The Morgan fingerprint density at radius 2 is 2.12 bits per heavy atom. The van der Waals surface area contributed by atoms with Gasteiger partial charge in [0.25, 0.3) is 0 Å². The van der Waals surface area contributed by atoms with Crippen LogP contribution < -0.4 is 10.6 Å². The number of primary amides is 1. The Kier molecular flexibility index (Phi) is 4.31. The molecule has 1 aromatic carbocycles. The van der Waals surface area contributed by atoms with Gasteiger partial charge in [-0.2, -0.15) is 0 Å². The molecular formula is C12H18N2O2. The maximum atomic E-state index is 10.9. The normalized spacial score (nSPS) is 12.2. The Labute approximate surface area is 95.7 Å². The van der Waals surface area contributed by atoms with Crippen molar-refractivity contribution in [3.63, 3.8) is 0 Å². The number of aliphatic hydroxyl groups is 1. The monoisotopic (exact) mass is 222 g/mol. The number of hydrogen-bond acceptors (Lipinski definition) is 3. The number of para-hydroxylation sites is 1. The molecule has 88 valence electrons. The van der Waals surface area contributed by atoms with Crippen molar-refractivity contribution in [2.75, 3.05) is 18.0 Å². The first-order valence-electron chi connectivity index (χ1n) is 5.36. The first-order valence-corrected chi connectivity index (χ1v) is 5.36. The predicted molar refractivity (Wildman–Crippen MR) is 64.2 cm³/mol. The first kappa shape index (κ1) is 12.5. The fourth-order valence-corrected chi connectivity index (χ4v) is 1.68. The molecule has 1 amide bonds. The lowest BCUT2D eigenvalue weighted by atomic mass is 10.1. The second-order valence-corrected chi connectivity index (χ2v) is 3.72. The molecule has 1 atom stereocenters. The number of anilines is 1. The third kappa shape index (κ3) is 2.97. The minimum atomic E-state index is -0.557. The molecule has 0 unspecified atom stereocenters. The van der Waals surface area contributed by atoms with E-state index in [0.29, 0.717) is 6.54 Å². The summed E-state index contributed by atoms with van der Waals surface area (Å²) in [6.45, 7) is 4.49. The molecule has 0 fully saturated rings. The van der Waals surface area contributed by atoms with E-state index < -0.39 is 6.10 Å². The van der Waals surface area contributed by atoms with Gasteiger partial charge in [-0.15, -0.1) is 0 Å². The van der Waals surface area contributed by atoms with Crippen LogP contribution in [0.3, 0.4) is 0 Å². The van der Waals surface area contributed by atoms with Crippen LogP contribution in [0.2, 0.25) is 0 Å². The summed E-state index contributed by atoms with van der Waals surface area (Å²) in [5.74, 6) is -0.373. The fraction of sp³-hybridized carbons (Fsp3) is 0.417. The Morgan fingerprint density at radius 1 is 1.50 bits per heavy atom. The van der Waals surface area contributed by atoms with Crippen molar-refractivity contribution in [3.8, 4) is 0 Å². The highest BCUT2D eigenvalue weighted by Crippen LogP contribution is 2.25. The van der Waals surface area contributed by atoms with Gasteiger partial charge in [0.15, 0.2) is 0 Å². The first-order chi connectivity index (χ1) is 7.56. The number of carbonyl (C=O) groups excluding carboxylic acids is 1. The van der Waals surface area contributed by atoms with Gasteiger partial charge in [0, 0.05) is 17.8 Å². The van der Waals surface area contributed by atoms with Crippen molar-refractivity contribution in [1.29, 1.82) is 0 Å². The Morgan fingerprint density at radius 3 is 2.62 bits per heavy atom. The maximum Gasteiger partial charge on any atom is 0.236 e. The van der Waals surface area contributed by atoms with E-state index in [-0.39, 0.29) is 12.5 Å². The molecule has 0 aromatic heterocycles. The van der Waals surface area contributed by atoms with Crippen LogP contribution in [0.4, 0.5) is 5.69 Å². The minimum absolute atomic E-state index is 0.167. The summed E-state index contributed by atoms with van der Waals surface area (Å²) < 4.78 is 0. The number of rotatable bonds is 5. The molecule has 0 heterocycles. The van der Waals surface area contributed by atoms with Gasteiger partial charge < -0.3 is 15.7 Å².